The number of hydrogen-bond acceptors (Lipinski definition) is 2. The van der Waals surface area contributed by atoms with Gasteiger partial charge in [0.15, 0.2) is 0 Å². The summed E-state index contributed by atoms with van der Waals surface area (Å²) in [6.07, 6.45) is 0. The maximum atomic E-state index is 13.2. The normalized spacial score (nSPS) is 11.0. The molecule has 1 N–H and O–H groups in total. The number of rotatable bonds is 5. The fraction of sp³-hybridized carbons (Fsp3) is 0.136. The fourth-order valence-electron chi connectivity index (χ4n) is 2.90. The van der Waals surface area contributed by atoms with Gasteiger partial charge in [-0.2, -0.15) is 0 Å². The molecule has 0 aliphatic carbocycles. The van der Waals surface area contributed by atoms with Crippen LogP contribution in [0.15, 0.2) is 84.9 Å². The molecule has 126 valence electrons. The molecule has 0 saturated carbocycles. The second kappa shape index (κ2) is 7.22. The van der Waals surface area contributed by atoms with E-state index in [2.05, 4.69) is 5.32 Å². The van der Waals surface area contributed by atoms with Crippen molar-refractivity contribution in [3.63, 3.8) is 0 Å². The molecule has 0 aliphatic heterocycles. The predicted octanol–water partition coefficient (Wildman–Crippen LogP) is 4.64. The van der Waals surface area contributed by atoms with Crippen molar-refractivity contribution < 1.29 is 9.53 Å². The zero-order valence-corrected chi connectivity index (χ0v) is 14.4. The molecule has 0 heterocycles. The van der Waals surface area contributed by atoms with Crippen LogP contribution in [-0.4, -0.2) is 13.0 Å². The van der Waals surface area contributed by atoms with Crippen molar-refractivity contribution >= 4 is 11.6 Å². The smallest absolute Gasteiger partial charge is 0.239 e. The third-order valence-corrected chi connectivity index (χ3v) is 4.50. The van der Waals surface area contributed by atoms with Crippen LogP contribution in [0.2, 0.25) is 0 Å². The molecule has 0 fully saturated rings. The van der Waals surface area contributed by atoms with E-state index in [1.165, 1.54) is 0 Å². The van der Waals surface area contributed by atoms with Crippen LogP contribution < -0.4 is 10.1 Å². The summed E-state index contributed by atoms with van der Waals surface area (Å²) in [5, 5.41) is 3.04. The SMILES string of the molecule is COc1ccc(NC(=O)C(C)(c2ccccc2)c2ccccc2)cc1. The number of carbonyl (C=O) groups excluding carboxylic acids is 1. The highest BCUT2D eigenvalue weighted by molar-refractivity contribution is 6.01. The van der Waals surface area contributed by atoms with Crippen LogP contribution in [0.25, 0.3) is 0 Å². The minimum absolute atomic E-state index is 0.0740. The Bertz CT molecular complexity index is 787. The molecule has 3 nitrogen and oxygen atoms in total. The average molecular weight is 331 g/mol. The first-order chi connectivity index (χ1) is 12.1. The average Bonchev–Trinajstić information content (AvgIpc) is 2.69. The Morgan fingerprint density at radius 2 is 1.28 bits per heavy atom. The van der Waals surface area contributed by atoms with Gasteiger partial charge in [0.05, 0.1) is 12.5 Å². The van der Waals surface area contributed by atoms with E-state index in [1.807, 2.05) is 91.9 Å². The first-order valence-corrected chi connectivity index (χ1v) is 8.21. The number of amides is 1. The van der Waals surface area contributed by atoms with Gasteiger partial charge in [0.2, 0.25) is 5.91 Å². The fourth-order valence-corrected chi connectivity index (χ4v) is 2.90. The van der Waals surface area contributed by atoms with Crippen LogP contribution in [0.4, 0.5) is 5.69 Å². The van der Waals surface area contributed by atoms with Crippen molar-refractivity contribution in [2.24, 2.45) is 0 Å². The van der Waals surface area contributed by atoms with E-state index < -0.39 is 5.41 Å². The third kappa shape index (κ3) is 3.41. The van der Waals surface area contributed by atoms with Crippen molar-refractivity contribution in [3.8, 4) is 5.75 Å². The van der Waals surface area contributed by atoms with Crippen molar-refractivity contribution in [1.82, 2.24) is 0 Å². The molecule has 0 aliphatic rings. The molecule has 0 bridgehead atoms. The van der Waals surface area contributed by atoms with E-state index in [-0.39, 0.29) is 5.91 Å². The molecule has 0 saturated heterocycles. The summed E-state index contributed by atoms with van der Waals surface area (Å²) in [5.41, 5.74) is 1.85. The Kier molecular flexibility index (Phi) is 4.85. The topological polar surface area (TPSA) is 38.3 Å². The summed E-state index contributed by atoms with van der Waals surface area (Å²) in [7, 11) is 1.62. The van der Waals surface area contributed by atoms with Gasteiger partial charge in [-0.15, -0.1) is 0 Å². The summed E-state index contributed by atoms with van der Waals surface area (Å²) in [6, 6.07) is 27.0. The van der Waals surface area contributed by atoms with Crippen LogP contribution in [-0.2, 0) is 10.2 Å². The summed E-state index contributed by atoms with van der Waals surface area (Å²) in [6.45, 7) is 1.95. The van der Waals surface area contributed by atoms with Crippen LogP contribution in [0.5, 0.6) is 5.75 Å². The molecule has 0 spiro atoms. The molecule has 1 amide bonds. The standard InChI is InChI=1S/C22H21NO2/c1-22(17-9-5-3-6-10-17,18-11-7-4-8-12-18)21(24)23-19-13-15-20(25-2)16-14-19/h3-16H,1-2H3,(H,23,24). The van der Waals surface area contributed by atoms with E-state index >= 15 is 0 Å². The molecule has 25 heavy (non-hydrogen) atoms. The zero-order valence-electron chi connectivity index (χ0n) is 14.4. The summed E-state index contributed by atoms with van der Waals surface area (Å²) in [5.74, 6) is 0.682. The molecule has 0 unspecified atom stereocenters. The second-order valence-corrected chi connectivity index (χ2v) is 6.04. The van der Waals surface area contributed by atoms with E-state index in [0.717, 1.165) is 22.6 Å². The Hall–Kier alpha value is -3.07. The van der Waals surface area contributed by atoms with Crippen molar-refractivity contribution in [3.05, 3.63) is 96.1 Å². The molecule has 3 aromatic rings. The molecule has 0 radical (unpaired) electrons. The molecular formula is C22H21NO2. The highest BCUT2D eigenvalue weighted by atomic mass is 16.5. The van der Waals surface area contributed by atoms with E-state index in [4.69, 9.17) is 4.74 Å². The van der Waals surface area contributed by atoms with E-state index in [0.29, 0.717) is 0 Å². The number of hydrogen-bond donors (Lipinski definition) is 1. The van der Waals surface area contributed by atoms with Crippen molar-refractivity contribution in [2.45, 2.75) is 12.3 Å². The van der Waals surface area contributed by atoms with Gasteiger partial charge in [0, 0.05) is 5.69 Å². The zero-order chi connectivity index (χ0) is 17.7. The molecule has 3 rings (SSSR count). The van der Waals surface area contributed by atoms with Gasteiger partial charge < -0.3 is 10.1 Å². The Balaban J connectivity index is 1.98. The number of carbonyl (C=O) groups is 1. The van der Waals surface area contributed by atoms with Crippen molar-refractivity contribution in [2.75, 3.05) is 12.4 Å². The van der Waals surface area contributed by atoms with Gasteiger partial charge in [0.1, 0.15) is 5.75 Å². The minimum atomic E-state index is -0.789. The second-order valence-electron chi connectivity index (χ2n) is 6.04. The van der Waals surface area contributed by atoms with E-state index in [1.54, 1.807) is 7.11 Å². The molecule has 0 atom stereocenters. The number of methoxy groups -OCH3 is 1. The maximum Gasteiger partial charge on any atom is 0.239 e. The number of benzene rings is 3. The molecule has 3 aromatic carbocycles. The Morgan fingerprint density at radius 1 is 0.800 bits per heavy atom. The van der Waals surface area contributed by atoms with Gasteiger partial charge >= 0.3 is 0 Å². The largest absolute Gasteiger partial charge is 0.497 e. The van der Waals surface area contributed by atoms with Crippen LogP contribution in [0.3, 0.4) is 0 Å². The van der Waals surface area contributed by atoms with E-state index in [9.17, 15) is 4.79 Å². The molecular weight excluding hydrogens is 310 g/mol. The van der Waals surface area contributed by atoms with Gasteiger partial charge in [-0.1, -0.05) is 60.7 Å². The predicted molar refractivity (Wildman–Crippen MR) is 101 cm³/mol. The minimum Gasteiger partial charge on any atom is -0.497 e. The first kappa shape index (κ1) is 16.8. The lowest BCUT2D eigenvalue weighted by Gasteiger charge is -2.29. The summed E-state index contributed by atoms with van der Waals surface area (Å²) < 4.78 is 5.17. The van der Waals surface area contributed by atoms with Gasteiger partial charge in [-0.05, 0) is 42.3 Å². The van der Waals surface area contributed by atoms with Crippen LogP contribution in [0.1, 0.15) is 18.1 Å². The molecule has 3 heteroatoms. The highest BCUT2D eigenvalue weighted by Gasteiger charge is 2.37. The number of anilines is 1. The lowest BCUT2D eigenvalue weighted by atomic mass is 9.75. The Labute approximate surface area is 148 Å². The van der Waals surface area contributed by atoms with Crippen molar-refractivity contribution in [1.29, 1.82) is 0 Å². The van der Waals surface area contributed by atoms with Crippen LogP contribution >= 0.6 is 0 Å². The maximum absolute atomic E-state index is 13.2. The summed E-state index contributed by atoms with van der Waals surface area (Å²) >= 11 is 0. The van der Waals surface area contributed by atoms with Gasteiger partial charge in [0.25, 0.3) is 0 Å². The highest BCUT2D eigenvalue weighted by Crippen LogP contribution is 2.33. The van der Waals surface area contributed by atoms with Gasteiger partial charge in [-0.3, -0.25) is 4.79 Å². The monoisotopic (exact) mass is 331 g/mol. The summed E-state index contributed by atoms with van der Waals surface area (Å²) in [4.78, 5) is 13.2. The van der Waals surface area contributed by atoms with Crippen LogP contribution in [0, 0.1) is 0 Å². The lowest BCUT2D eigenvalue weighted by molar-refractivity contribution is -0.119. The number of nitrogens with one attached hydrogen (secondary N) is 1. The van der Waals surface area contributed by atoms with Gasteiger partial charge in [-0.25, -0.2) is 0 Å². The quantitative estimate of drug-likeness (QED) is 0.739. The molecule has 0 aromatic heterocycles. The third-order valence-electron chi connectivity index (χ3n) is 4.50. The first-order valence-electron chi connectivity index (χ1n) is 8.21. The Morgan fingerprint density at radius 3 is 1.72 bits per heavy atom. The lowest BCUT2D eigenvalue weighted by Crippen LogP contribution is -2.38. The number of ether oxygens (including phenoxy) is 1.